The highest BCUT2D eigenvalue weighted by Crippen LogP contribution is 2.30. The van der Waals surface area contributed by atoms with Gasteiger partial charge in [-0.05, 0) is 31.0 Å². The molecule has 16 heavy (non-hydrogen) atoms. The molecule has 0 N–H and O–H groups in total. The summed E-state index contributed by atoms with van der Waals surface area (Å²) in [5.74, 6) is 0.207. The van der Waals surface area contributed by atoms with E-state index >= 15 is 0 Å². The lowest BCUT2D eigenvalue weighted by Gasteiger charge is -2.13. The lowest BCUT2D eigenvalue weighted by atomic mass is 9.98. The van der Waals surface area contributed by atoms with Crippen LogP contribution in [0, 0.1) is 13.8 Å². The zero-order valence-corrected chi connectivity index (χ0v) is 10.1. The monoisotopic (exact) mass is 220 g/mol. The number of hydrogen-bond acceptors (Lipinski definition) is 3. The fourth-order valence-electron chi connectivity index (χ4n) is 1.70. The van der Waals surface area contributed by atoms with Gasteiger partial charge in [0.15, 0.2) is 0 Å². The molecular weight excluding hydrogens is 204 g/mol. The average Bonchev–Trinajstić information content (AvgIpc) is 2.26. The third-order valence-corrected chi connectivity index (χ3v) is 2.40. The van der Waals surface area contributed by atoms with Crippen LogP contribution in [0.1, 0.15) is 16.7 Å². The van der Waals surface area contributed by atoms with Crippen LogP contribution in [-0.2, 0) is 9.53 Å². The number of aryl methyl sites for hydroxylation is 2. The van der Waals surface area contributed by atoms with E-state index < -0.39 is 5.97 Å². The molecule has 0 saturated heterocycles. The summed E-state index contributed by atoms with van der Waals surface area (Å²) in [4.78, 5) is 11.4. The second-order valence-corrected chi connectivity index (χ2v) is 3.63. The molecule has 0 fully saturated rings. The van der Waals surface area contributed by atoms with Crippen LogP contribution in [0.15, 0.2) is 18.7 Å². The van der Waals surface area contributed by atoms with E-state index in [4.69, 9.17) is 4.74 Å². The molecule has 0 aliphatic carbocycles. The van der Waals surface area contributed by atoms with Crippen molar-refractivity contribution in [1.29, 1.82) is 0 Å². The summed E-state index contributed by atoms with van der Waals surface area (Å²) in [5, 5.41) is 0. The Labute approximate surface area is 95.7 Å². The van der Waals surface area contributed by atoms with E-state index in [9.17, 15) is 4.79 Å². The maximum Gasteiger partial charge on any atom is 0.337 e. The number of hydrogen-bond donors (Lipinski definition) is 0. The van der Waals surface area contributed by atoms with Gasteiger partial charge in [0, 0.05) is 5.56 Å². The fourth-order valence-corrected chi connectivity index (χ4v) is 1.70. The molecule has 0 bridgehead atoms. The second-order valence-electron chi connectivity index (χ2n) is 3.63. The Balaban J connectivity index is 3.32. The normalized spacial score (nSPS) is 9.75. The van der Waals surface area contributed by atoms with Crippen LogP contribution in [0.2, 0.25) is 0 Å². The molecule has 0 radical (unpaired) electrons. The molecule has 0 aromatic heterocycles. The molecule has 3 nitrogen and oxygen atoms in total. The van der Waals surface area contributed by atoms with E-state index in [1.165, 1.54) is 7.11 Å². The quantitative estimate of drug-likeness (QED) is 0.580. The number of benzene rings is 1. The Morgan fingerprint density at radius 3 is 2.38 bits per heavy atom. The van der Waals surface area contributed by atoms with E-state index in [1.807, 2.05) is 26.0 Å². The molecular formula is C13H16O3. The van der Waals surface area contributed by atoms with Gasteiger partial charge in [-0.3, -0.25) is 0 Å². The number of methoxy groups -OCH3 is 2. The first-order valence-electron chi connectivity index (χ1n) is 4.94. The van der Waals surface area contributed by atoms with Crippen molar-refractivity contribution < 1.29 is 14.3 Å². The van der Waals surface area contributed by atoms with Crippen molar-refractivity contribution in [2.75, 3.05) is 14.2 Å². The minimum absolute atomic E-state index is 0.317. The van der Waals surface area contributed by atoms with Crippen LogP contribution in [-0.4, -0.2) is 20.2 Å². The second kappa shape index (κ2) is 4.84. The summed E-state index contributed by atoms with van der Waals surface area (Å²) in [5.41, 5.74) is 3.06. The van der Waals surface area contributed by atoms with Crippen LogP contribution < -0.4 is 4.74 Å². The van der Waals surface area contributed by atoms with Gasteiger partial charge in [-0.25, -0.2) is 4.79 Å². The molecule has 0 amide bonds. The molecule has 1 aromatic carbocycles. The van der Waals surface area contributed by atoms with Crippen molar-refractivity contribution in [3.05, 3.63) is 35.4 Å². The summed E-state index contributed by atoms with van der Waals surface area (Å²) in [6.07, 6.45) is 0. The standard InChI is InChI=1S/C13H16O3/c1-8-6-9(2)12(11(7-8)15-4)10(3)13(14)16-5/h6-7H,3H2,1-2,4-5H3. The Hall–Kier alpha value is -1.77. The molecule has 86 valence electrons. The molecule has 1 rings (SSSR count). The first-order chi connectivity index (χ1) is 7.51. The number of ether oxygens (including phenoxy) is 2. The van der Waals surface area contributed by atoms with E-state index in [0.29, 0.717) is 16.9 Å². The first-order valence-corrected chi connectivity index (χ1v) is 4.94. The van der Waals surface area contributed by atoms with Crippen LogP contribution in [0.5, 0.6) is 5.75 Å². The zero-order chi connectivity index (χ0) is 12.3. The van der Waals surface area contributed by atoms with Crippen LogP contribution in [0.4, 0.5) is 0 Å². The fraction of sp³-hybridized carbons (Fsp3) is 0.308. The van der Waals surface area contributed by atoms with Crippen molar-refractivity contribution in [2.45, 2.75) is 13.8 Å². The maximum absolute atomic E-state index is 11.4. The van der Waals surface area contributed by atoms with Crippen molar-refractivity contribution in [1.82, 2.24) is 0 Å². The van der Waals surface area contributed by atoms with Crippen molar-refractivity contribution in [3.63, 3.8) is 0 Å². The predicted octanol–water partition coefficient (Wildman–Crippen LogP) is 2.50. The molecule has 0 atom stereocenters. The lowest BCUT2D eigenvalue weighted by Crippen LogP contribution is -2.06. The molecule has 0 unspecified atom stereocenters. The maximum atomic E-state index is 11.4. The molecule has 0 aliphatic rings. The summed E-state index contributed by atoms with van der Waals surface area (Å²) >= 11 is 0. The number of carbonyl (C=O) groups is 1. The van der Waals surface area contributed by atoms with Gasteiger partial charge in [-0.1, -0.05) is 12.6 Å². The highest BCUT2D eigenvalue weighted by atomic mass is 16.5. The van der Waals surface area contributed by atoms with E-state index in [2.05, 4.69) is 11.3 Å². The Morgan fingerprint density at radius 1 is 1.25 bits per heavy atom. The minimum Gasteiger partial charge on any atom is -0.496 e. The highest BCUT2D eigenvalue weighted by molar-refractivity contribution is 6.16. The highest BCUT2D eigenvalue weighted by Gasteiger charge is 2.17. The molecule has 3 heteroatoms. The SMILES string of the molecule is C=C(C(=O)OC)c1c(C)cc(C)cc1OC. The van der Waals surface area contributed by atoms with Gasteiger partial charge in [0.1, 0.15) is 5.75 Å². The van der Waals surface area contributed by atoms with E-state index in [1.54, 1.807) is 7.11 Å². The molecule has 0 heterocycles. The summed E-state index contributed by atoms with van der Waals surface area (Å²) < 4.78 is 9.91. The van der Waals surface area contributed by atoms with E-state index in [-0.39, 0.29) is 0 Å². The lowest BCUT2D eigenvalue weighted by molar-refractivity contribution is -0.133. The summed E-state index contributed by atoms with van der Waals surface area (Å²) in [6.45, 7) is 7.63. The summed E-state index contributed by atoms with van der Waals surface area (Å²) in [7, 11) is 2.91. The number of esters is 1. The molecule has 0 aliphatic heterocycles. The zero-order valence-electron chi connectivity index (χ0n) is 10.1. The van der Waals surface area contributed by atoms with Gasteiger partial charge in [0.25, 0.3) is 0 Å². The smallest absolute Gasteiger partial charge is 0.337 e. The van der Waals surface area contributed by atoms with E-state index in [0.717, 1.165) is 11.1 Å². The number of rotatable bonds is 3. The minimum atomic E-state index is -0.440. The van der Waals surface area contributed by atoms with Gasteiger partial charge in [-0.2, -0.15) is 0 Å². The van der Waals surface area contributed by atoms with Crippen LogP contribution >= 0.6 is 0 Å². The van der Waals surface area contributed by atoms with Gasteiger partial charge >= 0.3 is 5.97 Å². The average molecular weight is 220 g/mol. The van der Waals surface area contributed by atoms with Crippen molar-refractivity contribution in [2.24, 2.45) is 0 Å². The van der Waals surface area contributed by atoms with Crippen molar-refractivity contribution >= 4 is 11.5 Å². The Kier molecular flexibility index (Phi) is 3.72. The predicted molar refractivity (Wildman–Crippen MR) is 63.5 cm³/mol. The topological polar surface area (TPSA) is 35.5 Å². The molecule has 1 aromatic rings. The third kappa shape index (κ3) is 2.24. The Bertz CT molecular complexity index is 433. The largest absolute Gasteiger partial charge is 0.496 e. The third-order valence-electron chi connectivity index (χ3n) is 2.40. The Morgan fingerprint density at radius 2 is 1.88 bits per heavy atom. The van der Waals surface area contributed by atoms with Crippen LogP contribution in [0.25, 0.3) is 5.57 Å². The number of carbonyl (C=O) groups excluding carboxylic acids is 1. The van der Waals surface area contributed by atoms with Gasteiger partial charge in [0.2, 0.25) is 0 Å². The van der Waals surface area contributed by atoms with Gasteiger partial charge in [0.05, 0.1) is 19.8 Å². The summed E-state index contributed by atoms with van der Waals surface area (Å²) in [6, 6.07) is 3.85. The first kappa shape index (κ1) is 12.3. The molecule has 0 spiro atoms. The van der Waals surface area contributed by atoms with Gasteiger partial charge < -0.3 is 9.47 Å². The van der Waals surface area contributed by atoms with Crippen molar-refractivity contribution in [3.8, 4) is 5.75 Å². The molecule has 0 saturated carbocycles. The van der Waals surface area contributed by atoms with Crippen LogP contribution in [0.3, 0.4) is 0 Å². The van der Waals surface area contributed by atoms with Gasteiger partial charge in [-0.15, -0.1) is 0 Å².